The Labute approximate surface area is 216 Å². The van der Waals surface area contributed by atoms with Crippen LogP contribution in [0.1, 0.15) is 39.4 Å². The number of likely N-dealkylation sites (N-methyl/N-ethyl adjacent to an activating group) is 1. The van der Waals surface area contributed by atoms with E-state index < -0.39 is 23.6 Å². The standard InChI is InChI=1S/C26H25F4N5OS/c1-4-35-14-22(25(32-35)26(28,29)30)18-8-7-16(27)10-19(18)21-13-34(24(36)6-5-9-33(2)3)15-23-20(21)11-17(12-31)37-23/h5-8,10-11,14,21H,4,9,13,15H2,1-3H3/b6-5+. The van der Waals surface area contributed by atoms with Gasteiger partial charge in [-0.3, -0.25) is 9.48 Å². The fourth-order valence-electron chi connectivity index (χ4n) is 4.43. The van der Waals surface area contributed by atoms with Crippen LogP contribution in [-0.2, 0) is 24.1 Å². The van der Waals surface area contributed by atoms with Crippen molar-refractivity contribution >= 4 is 17.2 Å². The number of halogens is 4. The molecule has 0 radical (unpaired) electrons. The molecule has 0 aliphatic carbocycles. The molecule has 0 fully saturated rings. The van der Waals surface area contributed by atoms with Crippen LogP contribution < -0.4 is 0 Å². The Bertz CT molecular complexity index is 1380. The first-order valence-electron chi connectivity index (χ1n) is 11.6. The fraction of sp³-hybridized carbons (Fsp3) is 0.346. The van der Waals surface area contributed by atoms with E-state index >= 15 is 0 Å². The molecule has 3 aromatic rings. The molecule has 194 valence electrons. The molecule has 11 heteroatoms. The van der Waals surface area contributed by atoms with Gasteiger partial charge in [-0.1, -0.05) is 12.1 Å². The molecule has 2 aromatic heterocycles. The first-order chi connectivity index (χ1) is 17.5. The van der Waals surface area contributed by atoms with Gasteiger partial charge < -0.3 is 9.80 Å². The minimum atomic E-state index is -4.71. The highest BCUT2D eigenvalue weighted by Gasteiger charge is 2.39. The number of alkyl halides is 3. The number of hydrogen-bond acceptors (Lipinski definition) is 5. The van der Waals surface area contributed by atoms with Gasteiger partial charge in [0.25, 0.3) is 0 Å². The van der Waals surface area contributed by atoms with Crippen molar-refractivity contribution in [1.29, 1.82) is 5.26 Å². The number of rotatable bonds is 6. The zero-order chi connectivity index (χ0) is 26.9. The van der Waals surface area contributed by atoms with Gasteiger partial charge in [0.2, 0.25) is 5.91 Å². The molecule has 1 amide bonds. The van der Waals surface area contributed by atoms with E-state index in [0.29, 0.717) is 22.5 Å². The second kappa shape index (κ2) is 10.5. The molecule has 1 aromatic carbocycles. The molecule has 6 nitrogen and oxygen atoms in total. The molecule has 0 N–H and O–H groups in total. The van der Waals surface area contributed by atoms with E-state index in [-0.39, 0.29) is 36.7 Å². The molecule has 0 saturated carbocycles. The smallest absolute Gasteiger partial charge is 0.333 e. The Morgan fingerprint density at radius 1 is 1.27 bits per heavy atom. The summed E-state index contributed by atoms with van der Waals surface area (Å²) in [5, 5.41) is 13.2. The zero-order valence-electron chi connectivity index (χ0n) is 20.5. The molecule has 0 saturated heterocycles. The van der Waals surface area contributed by atoms with Gasteiger partial charge in [0.05, 0.1) is 6.54 Å². The van der Waals surface area contributed by atoms with Crippen molar-refractivity contribution in [2.75, 3.05) is 27.2 Å². The highest BCUT2D eigenvalue weighted by atomic mass is 32.1. The third kappa shape index (κ3) is 5.60. The first-order valence-corrected chi connectivity index (χ1v) is 12.4. The van der Waals surface area contributed by atoms with Crippen molar-refractivity contribution in [3.05, 3.63) is 75.0 Å². The largest absolute Gasteiger partial charge is 0.435 e. The SMILES string of the molecule is CCn1cc(-c2ccc(F)cc2C2CN(C(=O)/C=C/CN(C)C)Cc3sc(C#N)cc32)c(C(F)(F)F)n1. The molecule has 1 aliphatic rings. The fourth-order valence-corrected chi connectivity index (χ4v) is 5.47. The molecule has 1 unspecified atom stereocenters. The Morgan fingerprint density at radius 2 is 2.03 bits per heavy atom. The summed E-state index contributed by atoms with van der Waals surface area (Å²) in [4.78, 5) is 17.7. The monoisotopic (exact) mass is 531 g/mol. The number of carbonyl (C=O) groups excluding carboxylic acids is 1. The van der Waals surface area contributed by atoms with E-state index in [1.54, 1.807) is 24.0 Å². The van der Waals surface area contributed by atoms with Crippen molar-refractivity contribution in [3.63, 3.8) is 0 Å². The average Bonchev–Trinajstić information content (AvgIpc) is 3.47. The molecule has 3 heterocycles. The van der Waals surface area contributed by atoms with E-state index in [1.807, 2.05) is 19.0 Å². The average molecular weight is 532 g/mol. The first kappa shape index (κ1) is 26.6. The maximum absolute atomic E-state index is 14.6. The number of fused-ring (bicyclic) bond motifs is 1. The number of carbonyl (C=O) groups is 1. The second-order valence-electron chi connectivity index (χ2n) is 9.01. The van der Waals surface area contributed by atoms with Gasteiger partial charge in [0.1, 0.15) is 16.8 Å². The van der Waals surface area contributed by atoms with Crippen molar-refractivity contribution in [2.45, 2.75) is 32.1 Å². The van der Waals surface area contributed by atoms with Crippen LogP contribution in [0, 0.1) is 17.1 Å². The summed E-state index contributed by atoms with van der Waals surface area (Å²) in [5.41, 5.74) is -0.00560. The van der Waals surface area contributed by atoms with Crippen molar-refractivity contribution < 1.29 is 22.4 Å². The normalized spacial score (nSPS) is 15.9. The number of hydrogen-bond donors (Lipinski definition) is 0. The lowest BCUT2D eigenvalue weighted by Crippen LogP contribution is -2.37. The van der Waals surface area contributed by atoms with Gasteiger partial charge in [0.15, 0.2) is 5.69 Å². The van der Waals surface area contributed by atoms with Gasteiger partial charge in [-0.25, -0.2) is 4.39 Å². The molecule has 0 bridgehead atoms. The number of nitriles is 1. The molecule has 1 aliphatic heterocycles. The third-order valence-corrected chi connectivity index (χ3v) is 7.18. The number of aryl methyl sites for hydroxylation is 1. The van der Waals surface area contributed by atoms with E-state index in [4.69, 9.17) is 0 Å². The number of benzene rings is 1. The number of aromatic nitrogens is 2. The molecule has 0 spiro atoms. The maximum atomic E-state index is 14.6. The lowest BCUT2D eigenvalue weighted by Gasteiger charge is -2.33. The van der Waals surface area contributed by atoms with Gasteiger partial charge in [0, 0.05) is 48.3 Å². The van der Waals surface area contributed by atoms with Crippen LogP contribution in [0.4, 0.5) is 17.6 Å². The Hall–Kier alpha value is -3.49. The highest BCUT2D eigenvalue weighted by molar-refractivity contribution is 7.12. The minimum absolute atomic E-state index is 0.124. The van der Waals surface area contributed by atoms with E-state index in [1.165, 1.54) is 40.4 Å². The van der Waals surface area contributed by atoms with Crippen LogP contribution in [0.15, 0.2) is 42.6 Å². The maximum Gasteiger partial charge on any atom is 0.435 e. The summed E-state index contributed by atoms with van der Waals surface area (Å²) in [5.74, 6) is -1.51. The number of amides is 1. The van der Waals surface area contributed by atoms with Crippen molar-refractivity contribution in [3.8, 4) is 17.2 Å². The highest BCUT2D eigenvalue weighted by Crippen LogP contribution is 2.44. The van der Waals surface area contributed by atoms with E-state index in [0.717, 1.165) is 10.9 Å². The summed E-state index contributed by atoms with van der Waals surface area (Å²) in [7, 11) is 3.74. The van der Waals surface area contributed by atoms with Crippen LogP contribution in [-0.4, -0.2) is 52.7 Å². The predicted octanol–water partition coefficient (Wildman–Crippen LogP) is 5.25. The summed E-state index contributed by atoms with van der Waals surface area (Å²) in [6.07, 6.45) is -0.218. The van der Waals surface area contributed by atoms with Crippen LogP contribution in [0.5, 0.6) is 0 Å². The predicted molar refractivity (Wildman–Crippen MR) is 132 cm³/mol. The second-order valence-corrected chi connectivity index (χ2v) is 10.2. The van der Waals surface area contributed by atoms with Gasteiger partial charge >= 0.3 is 6.18 Å². The Kier molecular flexibility index (Phi) is 7.52. The van der Waals surface area contributed by atoms with Crippen LogP contribution >= 0.6 is 11.3 Å². The number of nitrogens with zero attached hydrogens (tertiary/aromatic N) is 5. The number of thiophene rings is 1. The van der Waals surface area contributed by atoms with Gasteiger partial charge in [-0.05, 0) is 55.9 Å². The van der Waals surface area contributed by atoms with Crippen molar-refractivity contribution in [2.24, 2.45) is 0 Å². The molecular weight excluding hydrogens is 506 g/mol. The van der Waals surface area contributed by atoms with Gasteiger partial charge in [-0.2, -0.15) is 23.5 Å². The molecule has 37 heavy (non-hydrogen) atoms. The molecule has 1 atom stereocenters. The Balaban J connectivity index is 1.85. The minimum Gasteiger partial charge on any atom is -0.333 e. The van der Waals surface area contributed by atoms with Gasteiger partial charge in [-0.15, -0.1) is 11.3 Å². The summed E-state index contributed by atoms with van der Waals surface area (Å²) >= 11 is 1.23. The quantitative estimate of drug-likeness (QED) is 0.322. The lowest BCUT2D eigenvalue weighted by molar-refractivity contribution is -0.141. The van der Waals surface area contributed by atoms with Crippen LogP contribution in [0.3, 0.4) is 0 Å². The van der Waals surface area contributed by atoms with Crippen LogP contribution in [0.2, 0.25) is 0 Å². The molecular formula is C26H25F4N5OS. The van der Waals surface area contributed by atoms with E-state index in [9.17, 15) is 27.6 Å². The molecule has 4 rings (SSSR count). The summed E-state index contributed by atoms with van der Waals surface area (Å²) < 4.78 is 57.5. The van der Waals surface area contributed by atoms with E-state index in [2.05, 4.69) is 11.2 Å². The summed E-state index contributed by atoms with van der Waals surface area (Å²) in [6.45, 7) is 2.85. The van der Waals surface area contributed by atoms with Crippen molar-refractivity contribution in [1.82, 2.24) is 19.6 Å². The topological polar surface area (TPSA) is 65.2 Å². The van der Waals surface area contributed by atoms with Crippen LogP contribution in [0.25, 0.3) is 11.1 Å². The lowest BCUT2D eigenvalue weighted by atomic mass is 9.83. The third-order valence-electron chi connectivity index (χ3n) is 6.14. The zero-order valence-corrected chi connectivity index (χ0v) is 21.3. The Morgan fingerprint density at radius 3 is 2.68 bits per heavy atom. The summed E-state index contributed by atoms with van der Waals surface area (Å²) in [6, 6.07) is 7.45.